The Bertz CT molecular complexity index is 360. The van der Waals surface area contributed by atoms with E-state index >= 15 is 0 Å². The maximum Gasteiger partial charge on any atom is 0.304 e. The SMILES string of the molecule is CCc1nn(C)cc1CNC(C)CC(=O)O. The molecule has 0 aromatic carbocycles. The van der Waals surface area contributed by atoms with Crippen LogP contribution in [0.25, 0.3) is 0 Å². The molecular formula is C11H19N3O2. The number of nitrogens with one attached hydrogen (secondary N) is 1. The van der Waals surface area contributed by atoms with Crippen molar-refractivity contribution in [2.75, 3.05) is 0 Å². The zero-order valence-corrected chi connectivity index (χ0v) is 10.0. The molecule has 2 N–H and O–H groups in total. The molecule has 0 fully saturated rings. The van der Waals surface area contributed by atoms with Crippen molar-refractivity contribution in [3.05, 3.63) is 17.5 Å². The van der Waals surface area contributed by atoms with E-state index in [1.54, 1.807) is 4.68 Å². The smallest absolute Gasteiger partial charge is 0.304 e. The van der Waals surface area contributed by atoms with E-state index in [0.29, 0.717) is 6.54 Å². The molecule has 1 aromatic rings. The summed E-state index contributed by atoms with van der Waals surface area (Å²) in [6.45, 7) is 4.61. The Morgan fingerprint density at radius 1 is 1.69 bits per heavy atom. The quantitative estimate of drug-likeness (QED) is 0.756. The number of nitrogens with zero attached hydrogens (tertiary/aromatic N) is 2. The van der Waals surface area contributed by atoms with Crippen LogP contribution in [0.4, 0.5) is 0 Å². The molecule has 0 amide bonds. The van der Waals surface area contributed by atoms with Crippen LogP contribution in [0.5, 0.6) is 0 Å². The van der Waals surface area contributed by atoms with Gasteiger partial charge in [0.05, 0.1) is 12.1 Å². The van der Waals surface area contributed by atoms with Gasteiger partial charge in [0, 0.05) is 31.4 Å². The van der Waals surface area contributed by atoms with E-state index in [1.807, 2.05) is 20.2 Å². The van der Waals surface area contributed by atoms with E-state index in [2.05, 4.69) is 17.3 Å². The van der Waals surface area contributed by atoms with E-state index in [-0.39, 0.29) is 12.5 Å². The summed E-state index contributed by atoms with van der Waals surface area (Å²) in [5.41, 5.74) is 2.21. The lowest BCUT2D eigenvalue weighted by atomic mass is 10.2. The maximum absolute atomic E-state index is 10.5. The predicted molar refractivity (Wildman–Crippen MR) is 61.1 cm³/mol. The van der Waals surface area contributed by atoms with Crippen LogP contribution in [0.1, 0.15) is 31.5 Å². The van der Waals surface area contributed by atoms with E-state index in [4.69, 9.17) is 5.11 Å². The molecule has 0 spiro atoms. The van der Waals surface area contributed by atoms with E-state index in [0.717, 1.165) is 17.7 Å². The zero-order valence-electron chi connectivity index (χ0n) is 10.0. The summed E-state index contributed by atoms with van der Waals surface area (Å²) >= 11 is 0. The number of carbonyl (C=O) groups is 1. The van der Waals surface area contributed by atoms with Gasteiger partial charge >= 0.3 is 5.97 Å². The van der Waals surface area contributed by atoms with Gasteiger partial charge in [0.15, 0.2) is 0 Å². The first kappa shape index (κ1) is 12.7. The highest BCUT2D eigenvalue weighted by Crippen LogP contribution is 2.07. The fourth-order valence-electron chi connectivity index (χ4n) is 1.65. The van der Waals surface area contributed by atoms with Crippen LogP contribution >= 0.6 is 0 Å². The largest absolute Gasteiger partial charge is 0.481 e. The Balaban J connectivity index is 2.50. The molecule has 0 aliphatic rings. The Labute approximate surface area is 95.5 Å². The number of hydrogen-bond acceptors (Lipinski definition) is 3. The van der Waals surface area contributed by atoms with Crippen molar-refractivity contribution >= 4 is 5.97 Å². The highest BCUT2D eigenvalue weighted by Gasteiger charge is 2.09. The first-order valence-corrected chi connectivity index (χ1v) is 5.49. The van der Waals surface area contributed by atoms with Gasteiger partial charge in [-0.15, -0.1) is 0 Å². The number of carboxylic acids is 1. The molecule has 1 rings (SSSR count). The second-order valence-corrected chi connectivity index (χ2v) is 4.01. The zero-order chi connectivity index (χ0) is 12.1. The minimum atomic E-state index is -0.776. The molecule has 1 heterocycles. The van der Waals surface area contributed by atoms with Crippen LogP contribution in [-0.4, -0.2) is 26.9 Å². The fourth-order valence-corrected chi connectivity index (χ4v) is 1.65. The lowest BCUT2D eigenvalue weighted by Crippen LogP contribution is -2.28. The molecule has 0 saturated heterocycles. The minimum Gasteiger partial charge on any atom is -0.481 e. The number of aryl methyl sites for hydroxylation is 2. The van der Waals surface area contributed by atoms with Gasteiger partial charge in [-0.25, -0.2) is 0 Å². The predicted octanol–water partition coefficient (Wildman–Crippen LogP) is 0.935. The number of aliphatic carboxylic acids is 1. The lowest BCUT2D eigenvalue weighted by Gasteiger charge is -2.10. The van der Waals surface area contributed by atoms with Gasteiger partial charge in [-0.1, -0.05) is 6.92 Å². The van der Waals surface area contributed by atoms with Crippen molar-refractivity contribution in [3.8, 4) is 0 Å². The molecule has 5 nitrogen and oxygen atoms in total. The van der Waals surface area contributed by atoms with Crippen molar-refractivity contribution in [1.82, 2.24) is 15.1 Å². The third-order valence-corrected chi connectivity index (χ3v) is 2.45. The lowest BCUT2D eigenvalue weighted by molar-refractivity contribution is -0.137. The monoisotopic (exact) mass is 225 g/mol. The van der Waals surface area contributed by atoms with Crippen LogP contribution < -0.4 is 5.32 Å². The molecule has 0 aliphatic carbocycles. The summed E-state index contributed by atoms with van der Waals surface area (Å²) in [6, 6.07) is -0.0255. The normalized spacial score (nSPS) is 12.7. The van der Waals surface area contributed by atoms with Crippen LogP contribution in [0.2, 0.25) is 0 Å². The highest BCUT2D eigenvalue weighted by molar-refractivity contribution is 5.67. The molecule has 1 atom stereocenters. The van der Waals surface area contributed by atoms with Gasteiger partial charge in [-0.05, 0) is 13.3 Å². The average molecular weight is 225 g/mol. The van der Waals surface area contributed by atoms with Crippen LogP contribution in [0, 0.1) is 0 Å². The molecule has 0 bridgehead atoms. The van der Waals surface area contributed by atoms with Gasteiger partial charge in [0.1, 0.15) is 0 Å². The van der Waals surface area contributed by atoms with Crippen molar-refractivity contribution < 1.29 is 9.90 Å². The van der Waals surface area contributed by atoms with Gasteiger partial charge in [-0.2, -0.15) is 5.10 Å². The fraction of sp³-hybridized carbons (Fsp3) is 0.636. The summed E-state index contributed by atoms with van der Waals surface area (Å²) in [4.78, 5) is 10.5. The van der Waals surface area contributed by atoms with Crippen molar-refractivity contribution in [1.29, 1.82) is 0 Å². The van der Waals surface area contributed by atoms with Crippen molar-refractivity contribution in [2.45, 2.75) is 39.3 Å². The average Bonchev–Trinajstić information content (AvgIpc) is 2.55. The Morgan fingerprint density at radius 3 is 2.94 bits per heavy atom. The Kier molecular flexibility index (Phi) is 4.49. The van der Waals surface area contributed by atoms with Gasteiger partial charge in [0.2, 0.25) is 0 Å². The standard InChI is InChI=1S/C11H19N3O2/c1-4-10-9(7-14(3)13-10)6-12-8(2)5-11(15)16/h7-8,12H,4-6H2,1-3H3,(H,15,16). The van der Waals surface area contributed by atoms with Gasteiger partial charge in [-0.3, -0.25) is 9.48 Å². The van der Waals surface area contributed by atoms with Gasteiger partial charge in [0.25, 0.3) is 0 Å². The second kappa shape index (κ2) is 5.65. The topological polar surface area (TPSA) is 67.2 Å². The number of rotatable bonds is 6. The third-order valence-electron chi connectivity index (χ3n) is 2.45. The third kappa shape index (κ3) is 3.66. The Hall–Kier alpha value is -1.36. The van der Waals surface area contributed by atoms with Crippen molar-refractivity contribution in [3.63, 3.8) is 0 Å². The molecule has 0 radical (unpaired) electrons. The van der Waals surface area contributed by atoms with E-state index in [1.165, 1.54) is 0 Å². The summed E-state index contributed by atoms with van der Waals surface area (Å²) in [5.74, 6) is -0.776. The van der Waals surface area contributed by atoms with Crippen LogP contribution in [0.3, 0.4) is 0 Å². The summed E-state index contributed by atoms with van der Waals surface area (Å²) in [7, 11) is 1.89. The molecule has 0 aliphatic heterocycles. The number of aromatic nitrogens is 2. The number of carboxylic acid groups (broad SMARTS) is 1. The first-order valence-electron chi connectivity index (χ1n) is 5.49. The molecule has 1 aromatic heterocycles. The minimum absolute atomic E-state index is 0.0255. The van der Waals surface area contributed by atoms with Crippen molar-refractivity contribution in [2.24, 2.45) is 7.05 Å². The highest BCUT2D eigenvalue weighted by atomic mass is 16.4. The number of hydrogen-bond donors (Lipinski definition) is 2. The molecule has 0 saturated carbocycles. The van der Waals surface area contributed by atoms with Crippen LogP contribution in [-0.2, 0) is 24.8 Å². The van der Waals surface area contributed by atoms with E-state index in [9.17, 15) is 4.79 Å². The molecular weight excluding hydrogens is 206 g/mol. The summed E-state index contributed by atoms with van der Waals surface area (Å²) < 4.78 is 1.79. The molecule has 1 unspecified atom stereocenters. The first-order chi connectivity index (χ1) is 7.52. The van der Waals surface area contributed by atoms with E-state index < -0.39 is 5.97 Å². The molecule has 16 heavy (non-hydrogen) atoms. The second-order valence-electron chi connectivity index (χ2n) is 4.01. The molecule has 90 valence electrons. The maximum atomic E-state index is 10.5. The van der Waals surface area contributed by atoms with Crippen LogP contribution in [0.15, 0.2) is 6.20 Å². The molecule has 5 heteroatoms. The Morgan fingerprint density at radius 2 is 2.38 bits per heavy atom. The summed E-state index contributed by atoms with van der Waals surface area (Å²) in [6.07, 6.45) is 3.01. The summed E-state index contributed by atoms with van der Waals surface area (Å²) in [5, 5.41) is 16.1. The van der Waals surface area contributed by atoms with Gasteiger partial charge < -0.3 is 10.4 Å².